The van der Waals surface area contributed by atoms with Crippen LogP contribution in [0.15, 0.2) is 11.6 Å². The summed E-state index contributed by atoms with van der Waals surface area (Å²) >= 11 is 0. The normalized spacial score (nSPS) is 11.5. The summed E-state index contributed by atoms with van der Waals surface area (Å²) in [7, 11) is -3.31. The summed E-state index contributed by atoms with van der Waals surface area (Å²) in [4.78, 5) is 32.2. The minimum absolute atomic E-state index is 0.0638. The van der Waals surface area contributed by atoms with Crippen LogP contribution in [-0.4, -0.2) is 39.5 Å². The first-order valence-electron chi connectivity index (χ1n) is 3.86. The molecule has 0 unspecified atom stereocenters. The maximum atomic E-state index is 10.6. The second kappa shape index (κ2) is 8.58. The van der Waals surface area contributed by atoms with E-state index in [4.69, 9.17) is 24.4 Å². The van der Waals surface area contributed by atoms with E-state index in [2.05, 4.69) is 4.74 Å². The summed E-state index contributed by atoms with van der Waals surface area (Å²) in [6, 6.07) is 0. The highest BCUT2D eigenvalue weighted by Gasteiger charge is 2.00. The molecule has 0 saturated heterocycles. The molecule has 0 rings (SSSR count). The van der Waals surface area contributed by atoms with Gasteiger partial charge in [-0.25, -0.2) is 9.36 Å². The first-order valence-corrected chi connectivity index (χ1v) is 5.43. The van der Waals surface area contributed by atoms with E-state index in [1.54, 1.807) is 13.0 Å². The minimum Gasteiger partial charge on any atom is -0.466 e. The van der Waals surface area contributed by atoms with Crippen molar-refractivity contribution in [2.75, 3.05) is 13.7 Å². The number of hydrogen-bond donors (Lipinski definition) is 4. The molecule has 0 aromatic rings. The second-order valence-corrected chi connectivity index (χ2v) is 3.43. The Morgan fingerprint density at radius 2 is 1.80 bits per heavy atom. The molecule has 8 heteroatoms. The van der Waals surface area contributed by atoms with Crippen LogP contribution in [0.4, 0.5) is 0 Å². The van der Waals surface area contributed by atoms with Crippen LogP contribution >= 0.6 is 7.82 Å². The molecule has 0 aliphatic heterocycles. The number of esters is 1. The van der Waals surface area contributed by atoms with Crippen LogP contribution in [0.3, 0.4) is 0 Å². The lowest BCUT2D eigenvalue weighted by Crippen LogP contribution is -2.01. The fraction of sp³-hybridized carbons (Fsp3) is 0.571. The molecule has 0 bridgehead atoms. The third-order valence-electron chi connectivity index (χ3n) is 1.09. The van der Waals surface area contributed by atoms with Crippen molar-refractivity contribution < 1.29 is 33.9 Å². The van der Waals surface area contributed by atoms with Gasteiger partial charge in [-0.05, 0) is 13.3 Å². The van der Waals surface area contributed by atoms with Gasteiger partial charge in [0.25, 0.3) is 0 Å². The van der Waals surface area contributed by atoms with E-state index >= 15 is 0 Å². The first-order chi connectivity index (χ1) is 6.72. The predicted octanol–water partition coefficient (Wildman–Crippen LogP) is -0.441. The van der Waals surface area contributed by atoms with Gasteiger partial charge in [0.15, 0.2) is 0 Å². The fourth-order valence-corrected chi connectivity index (χ4v) is 0.525. The van der Waals surface area contributed by atoms with Gasteiger partial charge in [-0.1, -0.05) is 6.08 Å². The Morgan fingerprint density at radius 3 is 2.07 bits per heavy atom. The summed E-state index contributed by atoms with van der Waals surface area (Å²) in [5, 5.41) is 8.37. The van der Waals surface area contributed by atoms with Gasteiger partial charge < -0.3 is 24.5 Å². The number of carbonyl (C=O) groups excluding carboxylic acids is 1. The molecule has 0 spiro atoms. The highest BCUT2D eigenvalue weighted by Crippen LogP contribution is 2.25. The third kappa shape index (κ3) is 19.6. The van der Waals surface area contributed by atoms with E-state index in [1.807, 2.05) is 0 Å². The lowest BCUT2D eigenvalue weighted by atomic mass is 10.2. The Morgan fingerprint density at radius 1 is 1.40 bits per heavy atom. The minimum atomic E-state index is -4.64. The summed E-state index contributed by atoms with van der Waals surface area (Å²) < 4.78 is 13.3. The third-order valence-corrected chi connectivity index (χ3v) is 1.09. The van der Waals surface area contributed by atoms with E-state index in [0.29, 0.717) is 12.0 Å². The number of aliphatic hydroxyl groups is 1. The largest absolute Gasteiger partial charge is 0.466 e. The number of carbonyl (C=O) groups is 1. The number of hydrogen-bond acceptors (Lipinski definition) is 4. The van der Waals surface area contributed by atoms with Crippen LogP contribution in [0.25, 0.3) is 0 Å². The molecule has 0 saturated carbocycles. The van der Waals surface area contributed by atoms with Gasteiger partial charge in [-0.15, -0.1) is 0 Å². The highest BCUT2D eigenvalue weighted by molar-refractivity contribution is 7.45. The van der Waals surface area contributed by atoms with Crippen LogP contribution in [-0.2, 0) is 14.1 Å². The fourth-order valence-electron chi connectivity index (χ4n) is 0.525. The molecule has 7 nitrogen and oxygen atoms in total. The molecule has 0 radical (unpaired) electrons. The number of rotatable bonds is 3. The molecule has 0 aromatic heterocycles. The molecule has 0 amide bonds. The lowest BCUT2D eigenvalue weighted by Gasteiger charge is -1.96. The van der Waals surface area contributed by atoms with Crippen LogP contribution in [0.5, 0.6) is 0 Å². The Balaban J connectivity index is 0. The molecule has 0 aromatic carbocycles. The smallest absolute Gasteiger partial charge is 0.466 e. The number of aliphatic hydroxyl groups excluding tert-OH is 1. The average molecular weight is 242 g/mol. The van der Waals surface area contributed by atoms with Crippen molar-refractivity contribution in [3.63, 3.8) is 0 Å². The molecule has 15 heavy (non-hydrogen) atoms. The van der Waals surface area contributed by atoms with E-state index in [1.165, 1.54) is 7.11 Å². The van der Waals surface area contributed by atoms with Crippen molar-refractivity contribution >= 4 is 13.8 Å². The summed E-state index contributed by atoms with van der Waals surface area (Å²) in [5.41, 5.74) is 0.538. The molecule has 0 aliphatic carbocycles. The maximum Gasteiger partial charge on any atom is 0.466 e. The topological polar surface area (TPSA) is 124 Å². The van der Waals surface area contributed by atoms with Crippen LogP contribution in [0.2, 0.25) is 0 Å². The molecule has 4 N–H and O–H groups in total. The van der Waals surface area contributed by atoms with Gasteiger partial charge in [0.1, 0.15) is 0 Å². The van der Waals surface area contributed by atoms with Crippen molar-refractivity contribution in [2.45, 2.75) is 13.3 Å². The average Bonchev–Trinajstić information content (AvgIpc) is 2.10. The molecule has 0 aliphatic rings. The quantitative estimate of drug-likeness (QED) is 0.300. The van der Waals surface area contributed by atoms with Gasteiger partial charge in [0, 0.05) is 12.2 Å². The second-order valence-electron chi connectivity index (χ2n) is 2.40. The predicted molar refractivity (Wildman–Crippen MR) is 51.7 cm³/mol. The van der Waals surface area contributed by atoms with Crippen molar-refractivity contribution in [1.29, 1.82) is 0 Å². The monoisotopic (exact) mass is 242 g/mol. The molecule has 0 atom stereocenters. The van der Waals surface area contributed by atoms with Crippen molar-refractivity contribution in [1.82, 2.24) is 0 Å². The zero-order valence-electron chi connectivity index (χ0n) is 8.45. The highest BCUT2D eigenvalue weighted by atomic mass is 31.2. The van der Waals surface area contributed by atoms with Crippen molar-refractivity contribution in [3.05, 3.63) is 11.6 Å². The number of methoxy groups -OCH3 is 1. The zero-order chi connectivity index (χ0) is 12.5. The van der Waals surface area contributed by atoms with E-state index in [-0.39, 0.29) is 12.6 Å². The zero-order valence-corrected chi connectivity index (χ0v) is 9.35. The molecule has 0 heterocycles. The van der Waals surface area contributed by atoms with E-state index in [9.17, 15) is 4.79 Å². The summed E-state index contributed by atoms with van der Waals surface area (Å²) in [6.45, 7) is 1.72. The van der Waals surface area contributed by atoms with Gasteiger partial charge in [0.2, 0.25) is 0 Å². The van der Waals surface area contributed by atoms with Crippen LogP contribution < -0.4 is 0 Å². The Kier molecular flexibility index (Phi) is 9.55. The number of phosphoric acid groups is 1. The van der Waals surface area contributed by atoms with E-state index < -0.39 is 7.82 Å². The van der Waals surface area contributed by atoms with Crippen molar-refractivity contribution in [3.8, 4) is 0 Å². The van der Waals surface area contributed by atoms with Gasteiger partial charge in [-0.3, -0.25) is 0 Å². The maximum absolute atomic E-state index is 10.6. The Hall–Kier alpha value is -0.720. The lowest BCUT2D eigenvalue weighted by molar-refractivity contribution is -0.136. The molecular weight excluding hydrogens is 227 g/mol. The van der Waals surface area contributed by atoms with Gasteiger partial charge in [0.05, 0.1) is 7.11 Å². The van der Waals surface area contributed by atoms with Crippen LogP contribution in [0, 0.1) is 0 Å². The number of ether oxygens (including phenoxy) is 1. The van der Waals surface area contributed by atoms with Gasteiger partial charge >= 0.3 is 13.8 Å². The first kappa shape index (κ1) is 16.7. The van der Waals surface area contributed by atoms with E-state index in [0.717, 1.165) is 0 Å². The standard InChI is InChI=1S/C7H12O3.H3O4P/c1-6(4-3-5-8)7(9)10-2;1-5(2,3)4/h4,8H,3,5H2,1-2H3;(H3,1,2,3,4). The van der Waals surface area contributed by atoms with Crippen LogP contribution in [0.1, 0.15) is 13.3 Å². The summed E-state index contributed by atoms with van der Waals surface area (Å²) in [6.07, 6.45) is 2.15. The van der Waals surface area contributed by atoms with Crippen molar-refractivity contribution in [2.24, 2.45) is 0 Å². The Bertz CT molecular complexity index is 246. The Labute approximate surface area is 87.2 Å². The van der Waals surface area contributed by atoms with Gasteiger partial charge in [-0.2, -0.15) is 0 Å². The SMILES string of the molecule is COC(=O)C(C)=CCCO.O=P(O)(O)O. The molecule has 0 fully saturated rings. The molecule has 90 valence electrons. The molecular formula is C7H15O7P. The summed E-state index contributed by atoms with van der Waals surface area (Å²) in [5.74, 6) is -0.339.